The molecule has 1 heterocycles. The van der Waals surface area contributed by atoms with Gasteiger partial charge in [-0.25, -0.2) is 0 Å². The van der Waals surface area contributed by atoms with Crippen LogP contribution in [0.4, 0.5) is 0 Å². The van der Waals surface area contributed by atoms with Crippen molar-refractivity contribution in [1.82, 2.24) is 0 Å². The van der Waals surface area contributed by atoms with Crippen LogP contribution >= 0.6 is 0 Å². The van der Waals surface area contributed by atoms with Gasteiger partial charge in [-0.15, -0.1) is 0 Å². The van der Waals surface area contributed by atoms with Crippen LogP contribution in [-0.4, -0.2) is 17.6 Å². The van der Waals surface area contributed by atoms with Gasteiger partial charge in [0.2, 0.25) is 5.72 Å². The van der Waals surface area contributed by atoms with Crippen LogP contribution in [0.5, 0.6) is 0 Å². The third-order valence-corrected chi connectivity index (χ3v) is 3.10. The highest BCUT2D eigenvalue weighted by atomic mass is 16.6. The van der Waals surface area contributed by atoms with Gasteiger partial charge in [0.15, 0.2) is 5.78 Å². The van der Waals surface area contributed by atoms with Crippen LogP contribution in [0.3, 0.4) is 0 Å². The summed E-state index contributed by atoms with van der Waals surface area (Å²) in [4.78, 5) is 11.4. The number of epoxide rings is 1. The molecular weight excluding hydrogens is 154 g/mol. The van der Waals surface area contributed by atoms with Crippen molar-refractivity contribution in [2.45, 2.75) is 38.5 Å². The van der Waals surface area contributed by atoms with Crippen molar-refractivity contribution in [3.05, 3.63) is 0 Å². The lowest BCUT2D eigenvalue weighted by Crippen LogP contribution is -2.43. The molecule has 2 N–H and O–H groups in total. The average Bonchev–Trinajstić information content (AvgIpc) is 2.62. The van der Waals surface area contributed by atoms with Gasteiger partial charge in [-0.3, -0.25) is 10.5 Å². The fraction of sp³-hybridized carbons (Fsp3) is 0.889. The van der Waals surface area contributed by atoms with Crippen molar-refractivity contribution >= 4 is 5.78 Å². The lowest BCUT2D eigenvalue weighted by Gasteiger charge is -2.24. The fourth-order valence-electron chi connectivity index (χ4n) is 1.93. The molecular formula is C9H15NO2. The molecule has 0 aromatic carbocycles. The standard InChI is InChI=1S/C9H15NO2/c1-5(2)6-3-7(11)9(10)8(4-6)12-9/h5-6,8H,3-4,10H2,1-2H3/t6-,8?,9+/m1/s1. The van der Waals surface area contributed by atoms with E-state index in [-0.39, 0.29) is 11.9 Å². The minimum absolute atomic E-state index is 0.0196. The maximum absolute atomic E-state index is 11.4. The molecule has 1 aliphatic heterocycles. The Hall–Kier alpha value is -0.410. The van der Waals surface area contributed by atoms with Crippen LogP contribution in [0.2, 0.25) is 0 Å². The van der Waals surface area contributed by atoms with E-state index in [1.54, 1.807) is 0 Å². The topological polar surface area (TPSA) is 55.6 Å². The van der Waals surface area contributed by atoms with Gasteiger partial charge in [-0.05, 0) is 18.3 Å². The summed E-state index contributed by atoms with van der Waals surface area (Å²) in [6.45, 7) is 4.29. The Morgan fingerprint density at radius 2 is 2.33 bits per heavy atom. The highest BCUT2D eigenvalue weighted by molar-refractivity contribution is 5.91. The number of nitrogens with two attached hydrogens (primary N) is 1. The Labute approximate surface area is 72.3 Å². The van der Waals surface area contributed by atoms with E-state index in [4.69, 9.17) is 10.5 Å². The van der Waals surface area contributed by atoms with Gasteiger partial charge in [0.25, 0.3) is 0 Å². The molecule has 2 aliphatic rings. The number of hydrogen-bond acceptors (Lipinski definition) is 3. The van der Waals surface area contributed by atoms with Crippen LogP contribution in [-0.2, 0) is 9.53 Å². The van der Waals surface area contributed by atoms with Crippen LogP contribution in [0.1, 0.15) is 26.7 Å². The zero-order chi connectivity index (χ0) is 8.93. The Kier molecular flexibility index (Phi) is 1.57. The molecule has 3 heteroatoms. The summed E-state index contributed by atoms with van der Waals surface area (Å²) in [5.41, 5.74) is 4.82. The molecule has 0 radical (unpaired) electrons. The zero-order valence-corrected chi connectivity index (χ0v) is 7.54. The summed E-state index contributed by atoms with van der Waals surface area (Å²) in [7, 11) is 0. The molecule has 1 saturated heterocycles. The van der Waals surface area contributed by atoms with Gasteiger partial charge in [0, 0.05) is 6.42 Å². The second kappa shape index (κ2) is 2.30. The predicted molar refractivity (Wildman–Crippen MR) is 44.4 cm³/mol. The molecule has 2 fully saturated rings. The van der Waals surface area contributed by atoms with Crippen molar-refractivity contribution in [3.8, 4) is 0 Å². The van der Waals surface area contributed by atoms with Gasteiger partial charge in [0.05, 0.1) is 0 Å². The SMILES string of the molecule is CC(C)[C@@H]1CC(=O)[C@]2(N)OC2C1. The molecule has 3 atom stereocenters. The van der Waals surface area contributed by atoms with E-state index in [1.807, 2.05) is 0 Å². The molecule has 1 aliphatic carbocycles. The quantitative estimate of drug-likeness (QED) is 0.587. The van der Waals surface area contributed by atoms with Gasteiger partial charge < -0.3 is 4.74 Å². The normalized spacial score (nSPS) is 46.2. The number of carbonyl (C=O) groups excluding carboxylic acids is 1. The molecule has 3 nitrogen and oxygen atoms in total. The number of fused-ring (bicyclic) bond motifs is 1. The molecule has 0 aromatic heterocycles. The molecule has 12 heavy (non-hydrogen) atoms. The zero-order valence-electron chi connectivity index (χ0n) is 7.54. The first-order valence-corrected chi connectivity index (χ1v) is 4.54. The average molecular weight is 169 g/mol. The Morgan fingerprint density at radius 3 is 2.83 bits per heavy atom. The molecule has 1 saturated carbocycles. The number of rotatable bonds is 1. The van der Waals surface area contributed by atoms with Crippen molar-refractivity contribution in [2.24, 2.45) is 17.6 Å². The predicted octanol–water partition coefficient (Wildman–Crippen LogP) is 0.675. The maximum Gasteiger partial charge on any atom is 0.203 e. The number of Topliss-reactive ketones (excluding diaryl/α,β-unsaturated/α-hetero) is 1. The van der Waals surface area contributed by atoms with E-state index in [0.717, 1.165) is 6.42 Å². The molecule has 0 amide bonds. The van der Waals surface area contributed by atoms with E-state index in [0.29, 0.717) is 18.3 Å². The first-order valence-electron chi connectivity index (χ1n) is 4.54. The first kappa shape index (κ1) is 8.20. The minimum Gasteiger partial charge on any atom is -0.343 e. The van der Waals surface area contributed by atoms with Gasteiger partial charge in [-0.1, -0.05) is 13.8 Å². The van der Waals surface area contributed by atoms with E-state index in [1.165, 1.54) is 0 Å². The second-order valence-corrected chi connectivity index (χ2v) is 4.27. The Balaban J connectivity index is 2.07. The van der Waals surface area contributed by atoms with Crippen molar-refractivity contribution in [3.63, 3.8) is 0 Å². The Morgan fingerprint density at radius 1 is 1.67 bits per heavy atom. The van der Waals surface area contributed by atoms with E-state index in [9.17, 15) is 4.79 Å². The van der Waals surface area contributed by atoms with Gasteiger partial charge in [0.1, 0.15) is 6.10 Å². The summed E-state index contributed by atoms with van der Waals surface area (Å²) in [5.74, 6) is 1.13. The highest BCUT2D eigenvalue weighted by Crippen LogP contribution is 2.45. The van der Waals surface area contributed by atoms with E-state index < -0.39 is 5.72 Å². The molecule has 0 aromatic rings. The molecule has 1 unspecified atom stereocenters. The van der Waals surface area contributed by atoms with Gasteiger partial charge in [-0.2, -0.15) is 0 Å². The monoisotopic (exact) mass is 169 g/mol. The Bertz CT molecular complexity index is 227. The lowest BCUT2D eigenvalue weighted by atomic mass is 9.79. The smallest absolute Gasteiger partial charge is 0.203 e. The van der Waals surface area contributed by atoms with Crippen LogP contribution < -0.4 is 5.73 Å². The fourth-order valence-corrected chi connectivity index (χ4v) is 1.93. The van der Waals surface area contributed by atoms with Crippen LogP contribution in [0.15, 0.2) is 0 Å². The summed E-state index contributed by atoms with van der Waals surface area (Å²) in [5, 5.41) is 0. The summed E-state index contributed by atoms with van der Waals surface area (Å²) in [6.07, 6.45) is 1.58. The second-order valence-electron chi connectivity index (χ2n) is 4.27. The largest absolute Gasteiger partial charge is 0.343 e. The first-order chi connectivity index (χ1) is 5.54. The molecule has 0 bridgehead atoms. The number of ether oxygens (including phenoxy) is 1. The van der Waals surface area contributed by atoms with Crippen LogP contribution in [0, 0.1) is 11.8 Å². The highest BCUT2D eigenvalue weighted by Gasteiger charge is 2.62. The van der Waals surface area contributed by atoms with E-state index >= 15 is 0 Å². The van der Waals surface area contributed by atoms with Crippen LogP contribution in [0.25, 0.3) is 0 Å². The van der Waals surface area contributed by atoms with Gasteiger partial charge >= 0.3 is 0 Å². The number of hydrogen-bond donors (Lipinski definition) is 1. The number of carbonyl (C=O) groups is 1. The van der Waals surface area contributed by atoms with Crippen molar-refractivity contribution in [1.29, 1.82) is 0 Å². The molecule has 68 valence electrons. The number of ketones is 1. The van der Waals surface area contributed by atoms with Crippen molar-refractivity contribution < 1.29 is 9.53 Å². The van der Waals surface area contributed by atoms with E-state index in [2.05, 4.69) is 13.8 Å². The maximum atomic E-state index is 11.4. The molecule has 0 spiro atoms. The summed E-state index contributed by atoms with van der Waals surface area (Å²) in [6, 6.07) is 0. The summed E-state index contributed by atoms with van der Waals surface area (Å²) < 4.78 is 5.19. The third kappa shape index (κ3) is 1.00. The molecule has 2 rings (SSSR count). The van der Waals surface area contributed by atoms with Crippen molar-refractivity contribution in [2.75, 3.05) is 0 Å². The third-order valence-electron chi connectivity index (χ3n) is 3.10. The lowest BCUT2D eigenvalue weighted by molar-refractivity contribution is -0.125. The minimum atomic E-state index is -0.870. The summed E-state index contributed by atoms with van der Waals surface area (Å²) >= 11 is 0.